The molecule has 1 aliphatic heterocycles. The molecule has 3 rings (SSSR count). The lowest BCUT2D eigenvalue weighted by atomic mass is 10.2. The Balaban J connectivity index is 2.03. The number of fused-ring (bicyclic) bond motifs is 2. The van der Waals surface area contributed by atoms with Gasteiger partial charge in [0.1, 0.15) is 5.75 Å². The Kier molecular flexibility index (Phi) is 5.82. The first kappa shape index (κ1) is 18.4. The quantitative estimate of drug-likeness (QED) is 0.644. The zero-order valence-corrected chi connectivity index (χ0v) is 16.8. The molecule has 0 atom stereocenters. The molecule has 0 bridgehead atoms. The summed E-state index contributed by atoms with van der Waals surface area (Å²) < 4.78 is 6.12. The lowest BCUT2D eigenvalue weighted by molar-refractivity contribution is 0.242. The molecule has 0 saturated carbocycles. The molecule has 25 heavy (non-hydrogen) atoms. The fourth-order valence-electron chi connectivity index (χ4n) is 3.00. The van der Waals surface area contributed by atoms with Crippen molar-refractivity contribution in [2.24, 2.45) is 0 Å². The van der Waals surface area contributed by atoms with Gasteiger partial charge in [-0.2, -0.15) is 0 Å². The van der Waals surface area contributed by atoms with E-state index in [1.807, 2.05) is 6.07 Å². The van der Waals surface area contributed by atoms with Crippen LogP contribution in [0.2, 0.25) is 5.02 Å². The Morgan fingerprint density at radius 3 is 2.68 bits per heavy atom. The van der Waals surface area contributed by atoms with E-state index < -0.39 is 0 Å². The van der Waals surface area contributed by atoms with Crippen molar-refractivity contribution in [3.05, 3.63) is 41.4 Å². The van der Waals surface area contributed by atoms with Crippen molar-refractivity contribution in [2.75, 3.05) is 32.1 Å². The van der Waals surface area contributed by atoms with E-state index in [0.717, 1.165) is 36.0 Å². The maximum Gasteiger partial charge on any atom is 0.144 e. The Morgan fingerprint density at radius 1 is 1.16 bits per heavy atom. The maximum absolute atomic E-state index is 6.30. The number of halogens is 1. The summed E-state index contributed by atoms with van der Waals surface area (Å²) in [4.78, 5) is 7.06. The van der Waals surface area contributed by atoms with Crippen LogP contribution in [0.1, 0.15) is 20.3 Å². The van der Waals surface area contributed by atoms with E-state index >= 15 is 0 Å². The number of hydrogen-bond acceptors (Lipinski definition) is 4. The monoisotopic (exact) mass is 376 g/mol. The third kappa shape index (κ3) is 4.25. The molecule has 2 aromatic carbocycles. The minimum atomic E-state index is 0.140. The molecular formula is C20H25ClN2OS. The molecule has 0 spiro atoms. The van der Waals surface area contributed by atoms with Crippen molar-refractivity contribution < 1.29 is 4.74 Å². The first-order valence-electron chi connectivity index (χ1n) is 8.65. The van der Waals surface area contributed by atoms with Gasteiger partial charge in [0.25, 0.3) is 0 Å². The number of hydrogen-bond donors (Lipinski definition) is 0. The second-order valence-electron chi connectivity index (χ2n) is 6.79. The predicted octanol–water partition coefficient (Wildman–Crippen LogP) is 5.68. The summed E-state index contributed by atoms with van der Waals surface area (Å²) in [6.07, 6.45) is 1.21. The fraction of sp³-hybridized carbons (Fsp3) is 0.400. The fourth-order valence-corrected chi connectivity index (χ4v) is 4.27. The zero-order valence-electron chi connectivity index (χ0n) is 15.3. The topological polar surface area (TPSA) is 15.7 Å². The molecule has 0 N–H and O–H groups in total. The van der Waals surface area contributed by atoms with Gasteiger partial charge in [0.05, 0.1) is 17.5 Å². The van der Waals surface area contributed by atoms with Crippen molar-refractivity contribution in [1.29, 1.82) is 0 Å². The Morgan fingerprint density at radius 2 is 1.96 bits per heavy atom. The lowest BCUT2D eigenvalue weighted by Gasteiger charge is -2.35. The van der Waals surface area contributed by atoms with Crippen LogP contribution in [0, 0.1) is 0 Å². The molecule has 0 radical (unpaired) electrons. The second kappa shape index (κ2) is 7.90. The SMILES string of the molecule is CC(C)Oc1cccc2c1N(CCCN(C)C)c1cc(Cl)ccc1S2. The van der Waals surface area contributed by atoms with Gasteiger partial charge in [-0.1, -0.05) is 29.4 Å². The lowest BCUT2D eigenvalue weighted by Crippen LogP contribution is -2.26. The van der Waals surface area contributed by atoms with Crippen LogP contribution in [-0.4, -0.2) is 38.2 Å². The van der Waals surface area contributed by atoms with Gasteiger partial charge in [-0.3, -0.25) is 0 Å². The van der Waals surface area contributed by atoms with Crippen LogP contribution in [0.4, 0.5) is 11.4 Å². The van der Waals surface area contributed by atoms with Gasteiger partial charge in [-0.05, 0) is 71.2 Å². The van der Waals surface area contributed by atoms with Crippen LogP contribution in [0.25, 0.3) is 0 Å². The minimum Gasteiger partial charge on any atom is -0.489 e. The van der Waals surface area contributed by atoms with Gasteiger partial charge in [-0.15, -0.1) is 0 Å². The van der Waals surface area contributed by atoms with E-state index in [9.17, 15) is 0 Å². The van der Waals surface area contributed by atoms with E-state index in [1.165, 1.54) is 15.5 Å². The first-order chi connectivity index (χ1) is 12.0. The normalized spacial score (nSPS) is 13.2. The highest BCUT2D eigenvalue weighted by molar-refractivity contribution is 7.99. The number of nitrogens with zero attached hydrogens (tertiary/aromatic N) is 2. The highest BCUT2D eigenvalue weighted by Gasteiger charge is 2.27. The van der Waals surface area contributed by atoms with Gasteiger partial charge in [0, 0.05) is 21.4 Å². The summed E-state index contributed by atoms with van der Waals surface area (Å²) in [5, 5.41) is 0.766. The van der Waals surface area contributed by atoms with Crippen LogP contribution in [0.15, 0.2) is 46.2 Å². The highest BCUT2D eigenvalue weighted by atomic mass is 35.5. The molecule has 134 valence electrons. The molecule has 0 saturated heterocycles. The van der Waals surface area contributed by atoms with E-state index in [0.29, 0.717) is 0 Å². The van der Waals surface area contributed by atoms with Crippen molar-refractivity contribution >= 4 is 34.7 Å². The van der Waals surface area contributed by atoms with Crippen molar-refractivity contribution in [1.82, 2.24) is 4.90 Å². The largest absolute Gasteiger partial charge is 0.489 e. The van der Waals surface area contributed by atoms with E-state index in [2.05, 4.69) is 68.1 Å². The maximum atomic E-state index is 6.30. The molecule has 0 aromatic heterocycles. The summed E-state index contributed by atoms with van der Waals surface area (Å²) in [6.45, 7) is 6.10. The third-order valence-corrected chi connectivity index (χ3v) is 5.36. The number of rotatable bonds is 6. The summed E-state index contributed by atoms with van der Waals surface area (Å²) >= 11 is 8.09. The molecule has 0 fully saturated rings. The van der Waals surface area contributed by atoms with Crippen LogP contribution >= 0.6 is 23.4 Å². The summed E-state index contributed by atoms with van der Waals surface area (Å²) in [6, 6.07) is 12.4. The van der Waals surface area contributed by atoms with Crippen LogP contribution in [-0.2, 0) is 0 Å². The molecule has 0 unspecified atom stereocenters. The molecule has 2 aromatic rings. The van der Waals surface area contributed by atoms with Gasteiger partial charge in [0.2, 0.25) is 0 Å². The summed E-state index contributed by atoms with van der Waals surface area (Å²) in [5.41, 5.74) is 2.33. The van der Waals surface area contributed by atoms with Crippen LogP contribution < -0.4 is 9.64 Å². The zero-order chi connectivity index (χ0) is 18.0. The van der Waals surface area contributed by atoms with Crippen molar-refractivity contribution in [3.63, 3.8) is 0 Å². The summed E-state index contributed by atoms with van der Waals surface area (Å²) in [5.74, 6) is 0.940. The van der Waals surface area contributed by atoms with Crippen LogP contribution in [0.3, 0.4) is 0 Å². The van der Waals surface area contributed by atoms with Gasteiger partial charge < -0.3 is 14.5 Å². The molecule has 5 heteroatoms. The smallest absolute Gasteiger partial charge is 0.144 e. The van der Waals surface area contributed by atoms with Crippen LogP contribution in [0.5, 0.6) is 5.75 Å². The first-order valence-corrected chi connectivity index (χ1v) is 9.84. The van der Waals surface area contributed by atoms with E-state index in [-0.39, 0.29) is 6.10 Å². The van der Waals surface area contributed by atoms with Crippen molar-refractivity contribution in [3.8, 4) is 5.75 Å². The van der Waals surface area contributed by atoms with Gasteiger partial charge in [-0.25, -0.2) is 0 Å². The third-order valence-electron chi connectivity index (χ3n) is 4.01. The molecular weight excluding hydrogens is 352 g/mol. The predicted molar refractivity (Wildman–Crippen MR) is 108 cm³/mol. The molecule has 1 heterocycles. The summed E-state index contributed by atoms with van der Waals surface area (Å²) in [7, 11) is 4.22. The Bertz CT molecular complexity index is 748. The average molecular weight is 377 g/mol. The van der Waals surface area contributed by atoms with Gasteiger partial charge >= 0.3 is 0 Å². The average Bonchev–Trinajstić information content (AvgIpc) is 2.54. The Labute approximate surface area is 159 Å². The molecule has 0 amide bonds. The van der Waals surface area contributed by atoms with Crippen molar-refractivity contribution in [2.45, 2.75) is 36.2 Å². The standard InChI is InChI=1S/C20H25ClN2OS/c1-14(2)24-17-7-5-8-19-20(17)23(12-6-11-22(3)4)16-13-15(21)9-10-18(16)25-19/h5,7-10,13-14H,6,11-12H2,1-4H3. The molecule has 0 aliphatic carbocycles. The number of anilines is 2. The van der Waals surface area contributed by atoms with Gasteiger partial charge in [0.15, 0.2) is 0 Å². The molecule has 3 nitrogen and oxygen atoms in total. The Hall–Kier alpha value is -1.36. The highest BCUT2D eigenvalue weighted by Crippen LogP contribution is 2.52. The van der Waals surface area contributed by atoms with E-state index in [4.69, 9.17) is 16.3 Å². The number of ether oxygens (including phenoxy) is 1. The number of benzene rings is 2. The minimum absolute atomic E-state index is 0.140. The number of para-hydroxylation sites is 1. The molecule has 1 aliphatic rings. The van der Waals surface area contributed by atoms with E-state index in [1.54, 1.807) is 11.8 Å². The second-order valence-corrected chi connectivity index (χ2v) is 8.31.